The quantitative estimate of drug-likeness (QED) is 0.891. The molecule has 0 heterocycles. The molecular weight excluding hydrogens is 222 g/mol. The predicted octanol–water partition coefficient (Wildman–Crippen LogP) is 3.25. The van der Waals surface area contributed by atoms with Gasteiger partial charge in [-0.05, 0) is 36.6 Å². The lowest BCUT2D eigenvalue weighted by atomic mass is 9.99. The van der Waals surface area contributed by atoms with Gasteiger partial charge in [0.05, 0.1) is 7.11 Å². The highest BCUT2D eigenvalue weighted by molar-refractivity contribution is 5.71. The topological polar surface area (TPSA) is 35.2 Å². The fourth-order valence-corrected chi connectivity index (χ4v) is 2.10. The lowest BCUT2D eigenvalue weighted by molar-refractivity contribution is 0.416. The summed E-state index contributed by atoms with van der Waals surface area (Å²) in [6, 6.07) is 16.7. The Morgan fingerprint density at radius 3 is 2.44 bits per heavy atom. The zero-order chi connectivity index (χ0) is 13.0. The number of methoxy groups -OCH3 is 1. The fourth-order valence-electron chi connectivity index (χ4n) is 2.10. The molecule has 0 amide bonds. The van der Waals surface area contributed by atoms with Gasteiger partial charge >= 0.3 is 0 Å². The van der Waals surface area contributed by atoms with Crippen molar-refractivity contribution in [3.05, 3.63) is 54.1 Å². The van der Waals surface area contributed by atoms with E-state index in [0.29, 0.717) is 0 Å². The molecule has 0 aliphatic carbocycles. The number of rotatable bonds is 4. The smallest absolute Gasteiger partial charge is 0.126 e. The molecular formula is C16H19NO. The fraction of sp³-hybridized carbons (Fsp3) is 0.250. The third-order valence-electron chi connectivity index (χ3n) is 2.91. The molecule has 2 nitrogen and oxygen atoms in total. The second kappa shape index (κ2) is 5.69. The molecule has 0 bridgehead atoms. The minimum Gasteiger partial charge on any atom is -0.496 e. The van der Waals surface area contributed by atoms with Gasteiger partial charge in [0.25, 0.3) is 0 Å². The first-order valence-corrected chi connectivity index (χ1v) is 6.18. The van der Waals surface area contributed by atoms with Gasteiger partial charge in [-0.15, -0.1) is 0 Å². The summed E-state index contributed by atoms with van der Waals surface area (Å²) in [5.41, 5.74) is 9.38. The molecule has 0 aliphatic rings. The zero-order valence-electron chi connectivity index (χ0n) is 10.9. The summed E-state index contributed by atoms with van der Waals surface area (Å²) in [5, 5.41) is 0. The Balaban J connectivity index is 2.43. The van der Waals surface area contributed by atoms with Gasteiger partial charge < -0.3 is 10.5 Å². The molecule has 2 aromatic carbocycles. The van der Waals surface area contributed by atoms with Crippen LogP contribution >= 0.6 is 0 Å². The van der Waals surface area contributed by atoms with E-state index in [1.165, 1.54) is 11.1 Å². The van der Waals surface area contributed by atoms with Gasteiger partial charge in [-0.25, -0.2) is 0 Å². The summed E-state index contributed by atoms with van der Waals surface area (Å²) >= 11 is 0. The molecule has 0 aromatic heterocycles. The molecule has 0 saturated carbocycles. The van der Waals surface area contributed by atoms with E-state index in [-0.39, 0.29) is 6.04 Å². The molecule has 2 heteroatoms. The van der Waals surface area contributed by atoms with Gasteiger partial charge in [0.1, 0.15) is 5.75 Å². The van der Waals surface area contributed by atoms with Crippen LogP contribution in [-0.2, 0) is 6.42 Å². The van der Waals surface area contributed by atoms with Crippen LogP contribution in [0.3, 0.4) is 0 Å². The lowest BCUT2D eigenvalue weighted by Crippen LogP contribution is -2.17. The minimum absolute atomic E-state index is 0.169. The number of benzene rings is 2. The molecule has 0 spiro atoms. The van der Waals surface area contributed by atoms with E-state index < -0.39 is 0 Å². The van der Waals surface area contributed by atoms with E-state index in [0.717, 1.165) is 17.7 Å². The first-order chi connectivity index (χ1) is 8.70. The average molecular weight is 241 g/mol. The van der Waals surface area contributed by atoms with Gasteiger partial charge in [0, 0.05) is 11.6 Å². The first kappa shape index (κ1) is 12.7. The molecule has 1 atom stereocenters. The Kier molecular flexibility index (Phi) is 4.00. The summed E-state index contributed by atoms with van der Waals surface area (Å²) in [5.74, 6) is 0.898. The lowest BCUT2D eigenvalue weighted by Gasteiger charge is -2.12. The summed E-state index contributed by atoms with van der Waals surface area (Å²) in [4.78, 5) is 0. The largest absolute Gasteiger partial charge is 0.496 e. The van der Waals surface area contributed by atoms with Crippen molar-refractivity contribution in [1.82, 2.24) is 0 Å². The van der Waals surface area contributed by atoms with Crippen LogP contribution in [0.1, 0.15) is 12.5 Å². The minimum atomic E-state index is 0.169. The summed E-state index contributed by atoms with van der Waals surface area (Å²) < 4.78 is 5.43. The van der Waals surface area contributed by atoms with Crippen molar-refractivity contribution in [2.75, 3.05) is 7.11 Å². The summed E-state index contributed by atoms with van der Waals surface area (Å²) in [6.45, 7) is 2.02. The second-order valence-electron chi connectivity index (χ2n) is 4.58. The molecule has 94 valence electrons. The molecule has 2 N–H and O–H groups in total. The van der Waals surface area contributed by atoms with E-state index in [4.69, 9.17) is 10.5 Å². The summed E-state index contributed by atoms with van der Waals surface area (Å²) in [7, 11) is 1.70. The van der Waals surface area contributed by atoms with Crippen LogP contribution in [0.15, 0.2) is 48.5 Å². The Morgan fingerprint density at radius 1 is 1.11 bits per heavy atom. The van der Waals surface area contributed by atoms with Crippen LogP contribution in [0.2, 0.25) is 0 Å². The van der Waals surface area contributed by atoms with Gasteiger partial charge in [-0.2, -0.15) is 0 Å². The van der Waals surface area contributed by atoms with Crippen molar-refractivity contribution >= 4 is 0 Å². The summed E-state index contributed by atoms with van der Waals surface area (Å²) in [6.07, 6.45) is 0.879. The van der Waals surface area contributed by atoms with Crippen molar-refractivity contribution in [2.45, 2.75) is 19.4 Å². The van der Waals surface area contributed by atoms with Crippen LogP contribution in [0.5, 0.6) is 5.75 Å². The Bertz CT molecular complexity index is 506. The SMILES string of the molecule is COc1ccc(CC(C)N)cc1-c1ccccc1. The maximum atomic E-state index is 5.85. The average Bonchev–Trinajstić information content (AvgIpc) is 2.39. The monoisotopic (exact) mass is 241 g/mol. The number of hydrogen-bond donors (Lipinski definition) is 1. The maximum absolute atomic E-state index is 5.85. The van der Waals surface area contributed by atoms with Crippen molar-refractivity contribution in [3.8, 4) is 16.9 Å². The molecule has 0 fully saturated rings. The molecule has 18 heavy (non-hydrogen) atoms. The van der Waals surface area contributed by atoms with E-state index >= 15 is 0 Å². The molecule has 2 rings (SSSR count). The van der Waals surface area contributed by atoms with Gasteiger partial charge in [0.15, 0.2) is 0 Å². The van der Waals surface area contributed by atoms with Crippen LogP contribution in [-0.4, -0.2) is 13.2 Å². The predicted molar refractivity (Wildman–Crippen MR) is 75.8 cm³/mol. The second-order valence-corrected chi connectivity index (χ2v) is 4.58. The Labute approximate surface area is 108 Å². The van der Waals surface area contributed by atoms with Gasteiger partial charge in [-0.3, -0.25) is 0 Å². The molecule has 0 saturated heterocycles. The number of nitrogens with two attached hydrogens (primary N) is 1. The van der Waals surface area contributed by atoms with Crippen molar-refractivity contribution < 1.29 is 4.74 Å². The molecule has 1 unspecified atom stereocenters. The molecule has 0 radical (unpaired) electrons. The third kappa shape index (κ3) is 2.90. The van der Waals surface area contributed by atoms with Crippen LogP contribution in [0, 0.1) is 0 Å². The molecule has 0 aliphatic heterocycles. The van der Waals surface area contributed by atoms with E-state index in [1.807, 2.05) is 31.2 Å². The van der Waals surface area contributed by atoms with Crippen molar-refractivity contribution in [3.63, 3.8) is 0 Å². The van der Waals surface area contributed by atoms with Crippen LogP contribution < -0.4 is 10.5 Å². The van der Waals surface area contributed by atoms with Crippen molar-refractivity contribution in [1.29, 1.82) is 0 Å². The first-order valence-electron chi connectivity index (χ1n) is 6.18. The number of hydrogen-bond acceptors (Lipinski definition) is 2. The normalized spacial score (nSPS) is 12.2. The van der Waals surface area contributed by atoms with E-state index in [1.54, 1.807) is 7.11 Å². The Hall–Kier alpha value is -1.80. The maximum Gasteiger partial charge on any atom is 0.126 e. The Morgan fingerprint density at radius 2 is 1.83 bits per heavy atom. The van der Waals surface area contributed by atoms with Crippen LogP contribution in [0.4, 0.5) is 0 Å². The van der Waals surface area contributed by atoms with Gasteiger partial charge in [-0.1, -0.05) is 36.4 Å². The van der Waals surface area contributed by atoms with E-state index in [2.05, 4.69) is 24.3 Å². The number of ether oxygens (including phenoxy) is 1. The highest BCUT2D eigenvalue weighted by Gasteiger charge is 2.07. The molecule has 2 aromatic rings. The highest BCUT2D eigenvalue weighted by atomic mass is 16.5. The van der Waals surface area contributed by atoms with Crippen LogP contribution in [0.25, 0.3) is 11.1 Å². The standard InChI is InChI=1S/C16H19NO/c1-12(17)10-13-8-9-16(18-2)15(11-13)14-6-4-3-5-7-14/h3-9,11-12H,10,17H2,1-2H3. The third-order valence-corrected chi connectivity index (χ3v) is 2.91. The zero-order valence-corrected chi connectivity index (χ0v) is 10.9. The van der Waals surface area contributed by atoms with Gasteiger partial charge in [0.2, 0.25) is 0 Å². The van der Waals surface area contributed by atoms with Crippen molar-refractivity contribution in [2.24, 2.45) is 5.73 Å². The highest BCUT2D eigenvalue weighted by Crippen LogP contribution is 2.30. The van der Waals surface area contributed by atoms with E-state index in [9.17, 15) is 0 Å².